The fourth-order valence-corrected chi connectivity index (χ4v) is 3.09. The van der Waals surface area contributed by atoms with E-state index in [1.165, 1.54) is 12.8 Å². The third-order valence-corrected chi connectivity index (χ3v) is 4.41. The van der Waals surface area contributed by atoms with Crippen molar-refractivity contribution in [3.05, 3.63) is 34.9 Å². The van der Waals surface area contributed by atoms with Crippen molar-refractivity contribution in [1.29, 1.82) is 0 Å². The Morgan fingerprint density at radius 1 is 1.24 bits per heavy atom. The van der Waals surface area contributed by atoms with Gasteiger partial charge in [0, 0.05) is 5.02 Å². The van der Waals surface area contributed by atoms with Crippen molar-refractivity contribution in [3.8, 4) is 0 Å². The van der Waals surface area contributed by atoms with Crippen molar-refractivity contribution in [2.45, 2.75) is 45.1 Å². The van der Waals surface area contributed by atoms with Gasteiger partial charge in [0.05, 0.1) is 5.60 Å². The summed E-state index contributed by atoms with van der Waals surface area (Å²) in [5.74, 6) is 1.10. The van der Waals surface area contributed by atoms with Crippen LogP contribution in [-0.2, 0) is 5.60 Å². The lowest BCUT2D eigenvalue weighted by Gasteiger charge is -2.38. The normalized spacial score (nSPS) is 28.7. The van der Waals surface area contributed by atoms with Crippen LogP contribution in [0.1, 0.15) is 45.1 Å². The van der Waals surface area contributed by atoms with Crippen LogP contribution in [0, 0.1) is 11.8 Å². The van der Waals surface area contributed by atoms with E-state index in [2.05, 4.69) is 6.92 Å². The minimum atomic E-state index is -0.723. The molecule has 0 bridgehead atoms. The van der Waals surface area contributed by atoms with Crippen LogP contribution in [0.3, 0.4) is 0 Å². The summed E-state index contributed by atoms with van der Waals surface area (Å²) in [4.78, 5) is 0. The van der Waals surface area contributed by atoms with Crippen molar-refractivity contribution >= 4 is 11.6 Å². The van der Waals surface area contributed by atoms with E-state index in [0.717, 1.165) is 29.3 Å². The minimum absolute atomic E-state index is 0.368. The lowest BCUT2D eigenvalue weighted by Crippen LogP contribution is -2.34. The summed E-state index contributed by atoms with van der Waals surface area (Å²) < 4.78 is 0. The molecule has 0 saturated heterocycles. The fourth-order valence-electron chi connectivity index (χ4n) is 2.97. The first-order valence-corrected chi connectivity index (χ1v) is 6.86. The third-order valence-electron chi connectivity index (χ3n) is 4.16. The van der Waals surface area contributed by atoms with Gasteiger partial charge in [-0.15, -0.1) is 0 Å². The van der Waals surface area contributed by atoms with Crippen molar-refractivity contribution in [1.82, 2.24) is 0 Å². The van der Waals surface area contributed by atoms with E-state index >= 15 is 0 Å². The number of hydrogen-bond donors (Lipinski definition) is 1. The van der Waals surface area contributed by atoms with Gasteiger partial charge in [-0.2, -0.15) is 0 Å². The van der Waals surface area contributed by atoms with Gasteiger partial charge >= 0.3 is 0 Å². The van der Waals surface area contributed by atoms with Gasteiger partial charge in [0.25, 0.3) is 0 Å². The second-order valence-corrected chi connectivity index (χ2v) is 6.06. The van der Waals surface area contributed by atoms with E-state index in [4.69, 9.17) is 11.6 Å². The second kappa shape index (κ2) is 4.99. The molecule has 1 nitrogen and oxygen atoms in total. The first kappa shape index (κ1) is 12.9. The molecule has 1 aromatic carbocycles. The number of aliphatic hydroxyl groups is 1. The van der Waals surface area contributed by atoms with Gasteiger partial charge in [0.15, 0.2) is 0 Å². The predicted molar refractivity (Wildman–Crippen MR) is 72.1 cm³/mol. The van der Waals surface area contributed by atoms with E-state index in [0.29, 0.717) is 5.92 Å². The summed E-state index contributed by atoms with van der Waals surface area (Å²) in [6.07, 6.45) is 4.78. The molecule has 1 fully saturated rings. The summed E-state index contributed by atoms with van der Waals surface area (Å²) in [6.45, 7) is 4.23. The van der Waals surface area contributed by atoms with Gasteiger partial charge in [-0.1, -0.05) is 43.5 Å². The van der Waals surface area contributed by atoms with Gasteiger partial charge in [-0.05, 0) is 49.3 Å². The summed E-state index contributed by atoms with van der Waals surface area (Å²) in [7, 11) is 0. The number of hydrogen-bond acceptors (Lipinski definition) is 1. The van der Waals surface area contributed by atoms with Crippen molar-refractivity contribution in [3.63, 3.8) is 0 Å². The summed E-state index contributed by atoms with van der Waals surface area (Å²) in [6, 6.07) is 7.61. The molecule has 94 valence electrons. The Kier molecular flexibility index (Phi) is 3.79. The van der Waals surface area contributed by atoms with Gasteiger partial charge in [-0.3, -0.25) is 0 Å². The van der Waals surface area contributed by atoms with Crippen LogP contribution in [0.2, 0.25) is 5.02 Å². The van der Waals surface area contributed by atoms with Crippen LogP contribution in [0.15, 0.2) is 24.3 Å². The highest BCUT2D eigenvalue weighted by Gasteiger charge is 2.35. The number of rotatable bonds is 2. The Morgan fingerprint density at radius 3 is 2.47 bits per heavy atom. The van der Waals surface area contributed by atoms with Crippen LogP contribution >= 0.6 is 11.6 Å². The molecule has 1 aliphatic carbocycles. The molecule has 17 heavy (non-hydrogen) atoms. The lowest BCUT2D eigenvalue weighted by atomic mass is 9.71. The van der Waals surface area contributed by atoms with E-state index < -0.39 is 5.60 Å². The molecule has 0 heterocycles. The highest BCUT2D eigenvalue weighted by Crippen LogP contribution is 2.41. The highest BCUT2D eigenvalue weighted by molar-refractivity contribution is 6.30. The highest BCUT2D eigenvalue weighted by atomic mass is 35.5. The SMILES string of the molecule is CC1CCCC(C(C)(O)c2ccc(Cl)cc2)C1. The van der Waals surface area contributed by atoms with Gasteiger partial charge in [0.1, 0.15) is 0 Å². The van der Waals surface area contributed by atoms with Crippen LogP contribution in [-0.4, -0.2) is 5.11 Å². The Bertz CT molecular complexity index is 369. The standard InChI is InChI=1S/C15H21ClO/c1-11-4-3-5-13(10-11)15(2,17)12-6-8-14(16)9-7-12/h6-9,11,13,17H,3-5,10H2,1-2H3. The molecule has 3 atom stereocenters. The van der Waals surface area contributed by atoms with Gasteiger partial charge in [0.2, 0.25) is 0 Å². The molecule has 3 unspecified atom stereocenters. The number of benzene rings is 1. The molecular weight excluding hydrogens is 232 g/mol. The number of halogens is 1. The molecular formula is C15H21ClO. The lowest BCUT2D eigenvalue weighted by molar-refractivity contribution is -0.0294. The maximum absolute atomic E-state index is 10.8. The van der Waals surface area contributed by atoms with Crippen LogP contribution in [0.4, 0.5) is 0 Å². The Labute approximate surface area is 109 Å². The van der Waals surface area contributed by atoms with Crippen LogP contribution in [0.25, 0.3) is 0 Å². The van der Waals surface area contributed by atoms with E-state index in [1.807, 2.05) is 31.2 Å². The zero-order valence-electron chi connectivity index (χ0n) is 10.6. The Hall–Kier alpha value is -0.530. The Balaban J connectivity index is 2.19. The molecule has 2 rings (SSSR count). The average molecular weight is 253 g/mol. The first-order chi connectivity index (χ1) is 8.00. The van der Waals surface area contributed by atoms with Crippen molar-refractivity contribution in [2.24, 2.45) is 11.8 Å². The summed E-state index contributed by atoms with van der Waals surface area (Å²) in [5, 5.41) is 11.5. The maximum atomic E-state index is 10.8. The molecule has 0 aliphatic heterocycles. The zero-order chi connectivity index (χ0) is 12.5. The van der Waals surface area contributed by atoms with Gasteiger partial charge < -0.3 is 5.11 Å². The second-order valence-electron chi connectivity index (χ2n) is 5.62. The molecule has 2 heteroatoms. The smallest absolute Gasteiger partial charge is 0.0896 e. The van der Waals surface area contributed by atoms with E-state index in [9.17, 15) is 5.11 Å². The molecule has 0 radical (unpaired) electrons. The topological polar surface area (TPSA) is 20.2 Å². The zero-order valence-corrected chi connectivity index (χ0v) is 11.4. The first-order valence-electron chi connectivity index (χ1n) is 6.48. The molecule has 0 aromatic heterocycles. The van der Waals surface area contributed by atoms with Crippen molar-refractivity contribution in [2.75, 3.05) is 0 Å². The average Bonchev–Trinajstić information content (AvgIpc) is 2.29. The van der Waals surface area contributed by atoms with Crippen LogP contribution in [0.5, 0.6) is 0 Å². The van der Waals surface area contributed by atoms with Gasteiger partial charge in [-0.25, -0.2) is 0 Å². The Morgan fingerprint density at radius 2 is 1.88 bits per heavy atom. The molecule has 1 aromatic rings. The maximum Gasteiger partial charge on any atom is 0.0896 e. The third kappa shape index (κ3) is 2.83. The molecule has 0 spiro atoms. The van der Waals surface area contributed by atoms with Crippen LogP contribution < -0.4 is 0 Å². The molecule has 0 amide bonds. The quantitative estimate of drug-likeness (QED) is 0.829. The molecule has 1 aliphatic rings. The van der Waals surface area contributed by atoms with E-state index in [-0.39, 0.29) is 0 Å². The molecule has 1 N–H and O–H groups in total. The largest absolute Gasteiger partial charge is 0.385 e. The summed E-state index contributed by atoms with van der Waals surface area (Å²) >= 11 is 5.89. The molecule has 1 saturated carbocycles. The summed E-state index contributed by atoms with van der Waals surface area (Å²) in [5.41, 5.74) is 0.264. The monoisotopic (exact) mass is 252 g/mol. The predicted octanol–water partition coefficient (Wildman–Crippen LogP) is 4.37. The fraction of sp³-hybridized carbons (Fsp3) is 0.600. The van der Waals surface area contributed by atoms with E-state index in [1.54, 1.807) is 0 Å². The van der Waals surface area contributed by atoms with Crippen molar-refractivity contribution < 1.29 is 5.11 Å². The minimum Gasteiger partial charge on any atom is -0.385 e.